The molecule has 1 aliphatic heterocycles. The van der Waals surface area contributed by atoms with Crippen molar-refractivity contribution < 1.29 is 4.74 Å². The highest BCUT2D eigenvalue weighted by atomic mass is 16.5. The minimum Gasteiger partial charge on any atom is -0.379 e. The molecule has 94 valence electrons. The second-order valence-electron chi connectivity index (χ2n) is 5.77. The van der Waals surface area contributed by atoms with E-state index >= 15 is 0 Å². The van der Waals surface area contributed by atoms with Crippen molar-refractivity contribution in [1.82, 2.24) is 10.2 Å². The highest BCUT2D eigenvalue weighted by molar-refractivity contribution is 4.89. The van der Waals surface area contributed by atoms with Crippen molar-refractivity contribution in [3.8, 4) is 0 Å². The highest BCUT2D eigenvalue weighted by Crippen LogP contribution is 2.29. The third kappa shape index (κ3) is 3.19. The predicted molar refractivity (Wildman–Crippen MR) is 66.6 cm³/mol. The van der Waals surface area contributed by atoms with Gasteiger partial charge in [-0.1, -0.05) is 13.8 Å². The van der Waals surface area contributed by atoms with Gasteiger partial charge in [-0.15, -0.1) is 0 Å². The number of likely N-dealkylation sites (N-methyl/N-ethyl adjacent to an activating group) is 1. The first-order valence-corrected chi connectivity index (χ1v) is 6.69. The molecule has 1 aliphatic carbocycles. The molecule has 2 unspecified atom stereocenters. The van der Waals surface area contributed by atoms with Gasteiger partial charge in [0.15, 0.2) is 0 Å². The normalized spacial score (nSPS) is 30.6. The zero-order valence-electron chi connectivity index (χ0n) is 10.9. The quantitative estimate of drug-likeness (QED) is 0.740. The van der Waals surface area contributed by atoms with E-state index in [9.17, 15) is 0 Å². The molecule has 3 heteroatoms. The second kappa shape index (κ2) is 5.48. The molecule has 1 N–H and O–H groups in total. The second-order valence-corrected chi connectivity index (χ2v) is 5.77. The van der Waals surface area contributed by atoms with Crippen LogP contribution >= 0.6 is 0 Å². The SMILES string of the molecule is CNC1COCC1CN(CC(C)C)C1CC1. The third-order valence-corrected chi connectivity index (χ3v) is 3.70. The number of nitrogens with one attached hydrogen (secondary N) is 1. The summed E-state index contributed by atoms with van der Waals surface area (Å²) in [4.78, 5) is 2.69. The lowest BCUT2D eigenvalue weighted by Crippen LogP contribution is -2.42. The van der Waals surface area contributed by atoms with E-state index in [2.05, 4.69) is 31.1 Å². The molecule has 0 amide bonds. The molecule has 0 radical (unpaired) electrons. The van der Waals surface area contributed by atoms with Gasteiger partial charge < -0.3 is 10.1 Å². The summed E-state index contributed by atoms with van der Waals surface area (Å²) < 4.78 is 5.58. The molecule has 0 aromatic heterocycles. The lowest BCUT2D eigenvalue weighted by atomic mass is 10.0. The molecule has 2 rings (SSSR count). The van der Waals surface area contributed by atoms with Crippen LogP contribution in [0.25, 0.3) is 0 Å². The number of rotatable bonds is 6. The van der Waals surface area contributed by atoms with Crippen LogP contribution in [0.15, 0.2) is 0 Å². The zero-order chi connectivity index (χ0) is 11.5. The van der Waals surface area contributed by atoms with E-state index in [-0.39, 0.29) is 0 Å². The van der Waals surface area contributed by atoms with Crippen molar-refractivity contribution in [3.05, 3.63) is 0 Å². The van der Waals surface area contributed by atoms with Crippen LogP contribution in [0.4, 0.5) is 0 Å². The molecule has 0 bridgehead atoms. The lowest BCUT2D eigenvalue weighted by Gasteiger charge is -2.28. The standard InChI is InChI=1S/C13H26N2O/c1-10(2)6-15(12-4-5-12)7-11-8-16-9-13(11)14-3/h10-14H,4-9H2,1-3H3. The van der Waals surface area contributed by atoms with Crippen molar-refractivity contribution in [2.24, 2.45) is 11.8 Å². The van der Waals surface area contributed by atoms with E-state index in [0.717, 1.165) is 25.2 Å². The Labute approximate surface area is 99.5 Å². The first kappa shape index (κ1) is 12.3. The Morgan fingerprint density at radius 3 is 2.62 bits per heavy atom. The van der Waals surface area contributed by atoms with Gasteiger partial charge in [0.05, 0.1) is 13.2 Å². The van der Waals surface area contributed by atoms with Gasteiger partial charge in [-0.05, 0) is 25.8 Å². The average Bonchev–Trinajstić information content (AvgIpc) is 2.98. The summed E-state index contributed by atoms with van der Waals surface area (Å²) >= 11 is 0. The highest BCUT2D eigenvalue weighted by Gasteiger charge is 2.34. The Balaban J connectivity index is 1.84. The van der Waals surface area contributed by atoms with Gasteiger partial charge in [-0.3, -0.25) is 4.90 Å². The van der Waals surface area contributed by atoms with E-state index in [4.69, 9.17) is 4.74 Å². The smallest absolute Gasteiger partial charge is 0.0623 e. The van der Waals surface area contributed by atoms with Crippen molar-refractivity contribution in [2.75, 3.05) is 33.4 Å². The van der Waals surface area contributed by atoms with Crippen molar-refractivity contribution in [1.29, 1.82) is 0 Å². The number of ether oxygens (including phenoxy) is 1. The molecular weight excluding hydrogens is 200 g/mol. The van der Waals surface area contributed by atoms with Gasteiger partial charge in [0.1, 0.15) is 0 Å². The molecule has 2 fully saturated rings. The van der Waals surface area contributed by atoms with Crippen LogP contribution in [0.3, 0.4) is 0 Å². The van der Waals surface area contributed by atoms with E-state index in [1.165, 1.54) is 25.9 Å². The predicted octanol–water partition coefficient (Wildman–Crippen LogP) is 1.34. The molecule has 2 atom stereocenters. The molecule has 1 heterocycles. The molecule has 0 spiro atoms. The Morgan fingerprint density at radius 1 is 1.31 bits per heavy atom. The van der Waals surface area contributed by atoms with Crippen molar-refractivity contribution >= 4 is 0 Å². The molecule has 0 aromatic carbocycles. The Kier molecular flexibility index (Phi) is 4.22. The molecule has 3 nitrogen and oxygen atoms in total. The maximum Gasteiger partial charge on any atom is 0.0623 e. The fourth-order valence-corrected chi connectivity index (χ4v) is 2.68. The van der Waals surface area contributed by atoms with Crippen molar-refractivity contribution in [2.45, 2.75) is 38.8 Å². The van der Waals surface area contributed by atoms with Gasteiger partial charge in [-0.25, -0.2) is 0 Å². The van der Waals surface area contributed by atoms with Crippen LogP contribution in [-0.2, 0) is 4.74 Å². The summed E-state index contributed by atoms with van der Waals surface area (Å²) in [5.74, 6) is 1.46. The minimum atomic E-state index is 0.563. The molecule has 16 heavy (non-hydrogen) atoms. The summed E-state index contributed by atoms with van der Waals surface area (Å²) in [7, 11) is 2.05. The maximum absolute atomic E-state index is 5.58. The molecular formula is C13H26N2O. The Bertz CT molecular complexity index is 216. The monoisotopic (exact) mass is 226 g/mol. The number of hydrogen-bond acceptors (Lipinski definition) is 3. The fourth-order valence-electron chi connectivity index (χ4n) is 2.68. The summed E-state index contributed by atoms with van der Waals surface area (Å²) in [5.41, 5.74) is 0. The Hall–Kier alpha value is -0.120. The summed E-state index contributed by atoms with van der Waals surface area (Å²) in [6, 6.07) is 1.44. The van der Waals surface area contributed by atoms with Gasteiger partial charge >= 0.3 is 0 Å². The first-order valence-electron chi connectivity index (χ1n) is 6.69. The molecule has 0 aromatic rings. The van der Waals surface area contributed by atoms with Crippen LogP contribution in [0.1, 0.15) is 26.7 Å². The number of hydrogen-bond donors (Lipinski definition) is 1. The zero-order valence-corrected chi connectivity index (χ0v) is 10.9. The summed E-state index contributed by atoms with van der Waals surface area (Å²) in [5, 5.41) is 3.38. The largest absolute Gasteiger partial charge is 0.379 e. The topological polar surface area (TPSA) is 24.5 Å². The van der Waals surface area contributed by atoms with E-state index in [0.29, 0.717) is 12.0 Å². The van der Waals surface area contributed by atoms with Crippen LogP contribution in [0, 0.1) is 11.8 Å². The summed E-state index contributed by atoms with van der Waals surface area (Å²) in [6.45, 7) is 8.92. The van der Waals surface area contributed by atoms with Gasteiger partial charge in [0.25, 0.3) is 0 Å². The van der Waals surface area contributed by atoms with E-state index < -0.39 is 0 Å². The van der Waals surface area contributed by atoms with Crippen LogP contribution in [-0.4, -0.2) is 50.3 Å². The first-order chi connectivity index (χ1) is 7.70. The summed E-state index contributed by atoms with van der Waals surface area (Å²) in [6.07, 6.45) is 2.81. The minimum absolute atomic E-state index is 0.563. The third-order valence-electron chi connectivity index (χ3n) is 3.70. The Morgan fingerprint density at radius 2 is 2.06 bits per heavy atom. The van der Waals surface area contributed by atoms with Crippen LogP contribution in [0.2, 0.25) is 0 Å². The van der Waals surface area contributed by atoms with Crippen LogP contribution < -0.4 is 5.32 Å². The van der Waals surface area contributed by atoms with Crippen LogP contribution in [0.5, 0.6) is 0 Å². The van der Waals surface area contributed by atoms with Gasteiger partial charge in [0, 0.05) is 31.1 Å². The van der Waals surface area contributed by atoms with Crippen molar-refractivity contribution in [3.63, 3.8) is 0 Å². The molecule has 2 aliphatic rings. The lowest BCUT2D eigenvalue weighted by molar-refractivity contribution is 0.157. The maximum atomic E-state index is 5.58. The number of nitrogens with zero attached hydrogens (tertiary/aromatic N) is 1. The molecule has 1 saturated heterocycles. The van der Waals surface area contributed by atoms with E-state index in [1.54, 1.807) is 0 Å². The molecule has 1 saturated carbocycles. The van der Waals surface area contributed by atoms with E-state index in [1.807, 2.05) is 0 Å². The van der Waals surface area contributed by atoms with Gasteiger partial charge in [0.2, 0.25) is 0 Å². The fraction of sp³-hybridized carbons (Fsp3) is 1.00. The average molecular weight is 226 g/mol. The van der Waals surface area contributed by atoms with Gasteiger partial charge in [-0.2, -0.15) is 0 Å².